The number of aromatic nitrogens is 1. The van der Waals surface area contributed by atoms with Gasteiger partial charge in [-0.15, -0.1) is 0 Å². The first-order chi connectivity index (χ1) is 8.13. The maximum Gasteiger partial charge on any atom is 0.213 e. The minimum atomic E-state index is 0.704. The summed E-state index contributed by atoms with van der Waals surface area (Å²) in [5.41, 5.74) is 4.02. The van der Waals surface area contributed by atoms with E-state index in [4.69, 9.17) is 4.74 Å². The smallest absolute Gasteiger partial charge is 0.213 e. The predicted octanol–water partition coefficient (Wildman–Crippen LogP) is 4.08. The van der Waals surface area contributed by atoms with Crippen molar-refractivity contribution in [2.24, 2.45) is 0 Å². The van der Waals surface area contributed by atoms with Gasteiger partial charge in [0.1, 0.15) is 0 Å². The Hall–Kier alpha value is -1.31. The van der Waals surface area contributed by atoms with Gasteiger partial charge in [-0.05, 0) is 57.6 Å². The van der Waals surface area contributed by atoms with Crippen LogP contribution < -0.4 is 4.74 Å². The minimum Gasteiger partial charge on any atom is -0.481 e. The van der Waals surface area contributed by atoms with Gasteiger partial charge in [0.2, 0.25) is 5.88 Å². The molecule has 0 bridgehead atoms. The summed E-state index contributed by atoms with van der Waals surface area (Å²) in [5.74, 6) is 0.704. The van der Waals surface area contributed by atoms with E-state index >= 15 is 0 Å². The molecular formula is C15H23NO. The Morgan fingerprint density at radius 1 is 1.35 bits per heavy atom. The summed E-state index contributed by atoms with van der Waals surface area (Å²) >= 11 is 0. The van der Waals surface area contributed by atoms with E-state index in [1.165, 1.54) is 36.0 Å². The van der Waals surface area contributed by atoms with E-state index in [-0.39, 0.29) is 0 Å². The van der Waals surface area contributed by atoms with Crippen molar-refractivity contribution in [3.05, 3.63) is 35.0 Å². The lowest BCUT2D eigenvalue weighted by Crippen LogP contribution is -1.94. The van der Waals surface area contributed by atoms with E-state index in [1.807, 2.05) is 12.3 Å². The summed E-state index contributed by atoms with van der Waals surface area (Å²) in [4.78, 5) is 4.25. The Morgan fingerprint density at radius 2 is 2.12 bits per heavy atom. The average Bonchev–Trinajstić information content (AvgIpc) is 2.30. The molecule has 0 unspecified atom stereocenters. The van der Waals surface area contributed by atoms with Gasteiger partial charge in [-0.25, -0.2) is 4.98 Å². The molecular weight excluding hydrogens is 210 g/mol. The lowest BCUT2D eigenvalue weighted by Gasteiger charge is -2.06. The van der Waals surface area contributed by atoms with Crippen molar-refractivity contribution < 1.29 is 4.74 Å². The molecule has 2 nitrogen and oxygen atoms in total. The lowest BCUT2D eigenvalue weighted by molar-refractivity contribution is 0.397. The summed E-state index contributed by atoms with van der Waals surface area (Å²) in [7, 11) is 1.65. The van der Waals surface area contributed by atoms with Crippen LogP contribution in [0.15, 0.2) is 23.9 Å². The third-order valence-electron chi connectivity index (χ3n) is 2.86. The van der Waals surface area contributed by atoms with Gasteiger partial charge in [-0.1, -0.05) is 11.6 Å². The summed E-state index contributed by atoms with van der Waals surface area (Å²) < 4.78 is 5.10. The first kappa shape index (κ1) is 13.8. The van der Waals surface area contributed by atoms with E-state index in [0.717, 1.165) is 6.42 Å². The molecule has 0 amide bonds. The molecule has 17 heavy (non-hydrogen) atoms. The summed E-state index contributed by atoms with van der Waals surface area (Å²) in [5, 5.41) is 0. The average molecular weight is 233 g/mol. The first-order valence-electron chi connectivity index (χ1n) is 6.26. The molecule has 94 valence electrons. The maximum absolute atomic E-state index is 5.10. The Balaban J connectivity index is 2.39. The van der Waals surface area contributed by atoms with Crippen molar-refractivity contribution >= 4 is 0 Å². The van der Waals surface area contributed by atoms with Crippen molar-refractivity contribution in [2.45, 2.75) is 46.5 Å². The standard InChI is InChI=1S/C15H23NO/c1-12(2)8-6-5-7-9-14-11-16-15(17-4)10-13(14)3/h8,10-11H,5-7,9H2,1-4H3. The van der Waals surface area contributed by atoms with Crippen LogP contribution in [-0.4, -0.2) is 12.1 Å². The number of hydrogen-bond donors (Lipinski definition) is 0. The van der Waals surface area contributed by atoms with Crippen LogP contribution in [0.1, 0.15) is 44.2 Å². The fourth-order valence-corrected chi connectivity index (χ4v) is 1.78. The third kappa shape index (κ3) is 5.03. The number of pyridine rings is 1. The molecule has 0 aromatic carbocycles. The molecule has 0 saturated heterocycles. The summed E-state index contributed by atoms with van der Waals surface area (Å²) in [6.07, 6.45) is 9.01. The molecule has 0 radical (unpaired) electrons. The summed E-state index contributed by atoms with van der Waals surface area (Å²) in [6, 6.07) is 2.01. The molecule has 1 aromatic heterocycles. The van der Waals surface area contributed by atoms with E-state index in [2.05, 4.69) is 31.8 Å². The Morgan fingerprint density at radius 3 is 2.71 bits per heavy atom. The molecule has 2 heteroatoms. The number of ether oxygens (including phenoxy) is 1. The van der Waals surface area contributed by atoms with Crippen LogP contribution in [0.5, 0.6) is 5.88 Å². The minimum absolute atomic E-state index is 0.704. The number of aryl methyl sites for hydroxylation is 2. The lowest BCUT2D eigenvalue weighted by atomic mass is 10.0. The molecule has 1 heterocycles. The van der Waals surface area contributed by atoms with Crippen LogP contribution in [0.2, 0.25) is 0 Å². The molecule has 0 atom stereocenters. The number of hydrogen-bond acceptors (Lipinski definition) is 2. The molecule has 0 fully saturated rings. The zero-order valence-electron chi connectivity index (χ0n) is 11.4. The Kier molecular flexibility index (Phi) is 5.75. The van der Waals surface area contributed by atoms with Gasteiger partial charge in [-0.3, -0.25) is 0 Å². The number of nitrogens with zero attached hydrogens (tertiary/aromatic N) is 1. The largest absolute Gasteiger partial charge is 0.481 e. The van der Waals surface area contributed by atoms with Crippen LogP contribution in [-0.2, 0) is 6.42 Å². The van der Waals surface area contributed by atoms with Gasteiger partial charge in [-0.2, -0.15) is 0 Å². The number of allylic oxidation sites excluding steroid dienone is 2. The monoisotopic (exact) mass is 233 g/mol. The highest BCUT2D eigenvalue weighted by Gasteiger charge is 2.01. The van der Waals surface area contributed by atoms with Crippen LogP contribution in [0.3, 0.4) is 0 Å². The van der Waals surface area contributed by atoms with Crippen molar-refractivity contribution in [3.63, 3.8) is 0 Å². The van der Waals surface area contributed by atoms with Gasteiger partial charge >= 0.3 is 0 Å². The van der Waals surface area contributed by atoms with Crippen molar-refractivity contribution in [2.75, 3.05) is 7.11 Å². The van der Waals surface area contributed by atoms with Crippen molar-refractivity contribution in [3.8, 4) is 5.88 Å². The zero-order chi connectivity index (χ0) is 12.7. The van der Waals surface area contributed by atoms with E-state index in [9.17, 15) is 0 Å². The van der Waals surface area contributed by atoms with Gasteiger partial charge in [0.05, 0.1) is 7.11 Å². The molecule has 0 N–H and O–H groups in total. The SMILES string of the molecule is COc1cc(C)c(CCCCC=C(C)C)cn1. The second-order valence-electron chi connectivity index (χ2n) is 4.68. The van der Waals surface area contributed by atoms with Crippen molar-refractivity contribution in [1.82, 2.24) is 4.98 Å². The van der Waals surface area contributed by atoms with Crippen LogP contribution in [0.4, 0.5) is 0 Å². The Labute approximate surface area is 105 Å². The molecule has 0 aliphatic rings. The molecule has 1 rings (SSSR count). The summed E-state index contributed by atoms with van der Waals surface area (Å²) in [6.45, 7) is 6.42. The fraction of sp³-hybridized carbons (Fsp3) is 0.533. The second kappa shape index (κ2) is 7.10. The molecule has 0 spiro atoms. The van der Waals surface area contributed by atoms with Crippen molar-refractivity contribution in [1.29, 1.82) is 0 Å². The third-order valence-corrected chi connectivity index (χ3v) is 2.86. The maximum atomic E-state index is 5.10. The Bertz CT molecular complexity index is 379. The van der Waals surface area contributed by atoms with Gasteiger partial charge in [0, 0.05) is 12.3 Å². The second-order valence-corrected chi connectivity index (χ2v) is 4.68. The molecule has 0 aliphatic heterocycles. The normalized spacial score (nSPS) is 10.1. The predicted molar refractivity (Wildman–Crippen MR) is 72.5 cm³/mol. The zero-order valence-corrected chi connectivity index (χ0v) is 11.4. The highest BCUT2D eigenvalue weighted by molar-refractivity contribution is 5.28. The number of unbranched alkanes of at least 4 members (excludes halogenated alkanes) is 2. The number of rotatable bonds is 6. The fourth-order valence-electron chi connectivity index (χ4n) is 1.78. The highest BCUT2D eigenvalue weighted by atomic mass is 16.5. The quantitative estimate of drug-likeness (QED) is 0.545. The first-order valence-corrected chi connectivity index (χ1v) is 6.26. The highest BCUT2D eigenvalue weighted by Crippen LogP contribution is 2.16. The van der Waals surface area contributed by atoms with Gasteiger partial charge < -0.3 is 4.74 Å². The van der Waals surface area contributed by atoms with Crippen LogP contribution >= 0.6 is 0 Å². The van der Waals surface area contributed by atoms with Crippen LogP contribution in [0, 0.1) is 6.92 Å². The van der Waals surface area contributed by atoms with E-state index in [0.29, 0.717) is 5.88 Å². The van der Waals surface area contributed by atoms with Gasteiger partial charge in [0.25, 0.3) is 0 Å². The number of methoxy groups -OCH3 is 1. The molecule has 0 aliphatic carbocycles. The van der Waals surface area contributed by atoms with Crippen LogP contribution in [0.25, 0.3) is 0 Å². The van der Waals surface area contributed by atoms with E-state index in [1.54, 1.807) is 7.11 Å². The van der Waals surface area contributed by atoms with E-state index < -0.39 is 0 Å². The topological polar surface area (TPSA) is 22.1 Å². The molecule has 0 saturated carbocycles. The molecule has 1 aromatic rings. The van der Waals surface area contributed by atoms with Gasteiger partial charge in [0.15, 0.2) is 0 Å².